The highest BCUT2D eigenvalue weighted by Crippen LogP contribution is 2.29. The number of hydrogen-bond acceptors (Lipinski definition) is 3. The molecular weight excluding hydrogens is 357 g/mol. The van der Waals surface area contributed by atoms with E-state index in [1.165, 1.54) is 12.1 Å². The molecule has 0 spiro atoms. The van der Waals surface area contributed by atoms with E-state index >= 15 is 0 Å². The molecule has 1 fully saturated rings. The quantitative estimate of drug-likeness (QED) is 0.862. The van der Waals surface area contributed by atoms with Crippen molar-refractivity contribution in [2.24, 2.45) is 5.92 Å². The highest BCUT2D eigenvalue weighted by molar-refractivity contribution is 5.95. The number of rotatable bonds is 5. The minimum Gasteiger partial charge on any atom is -0.349 e. The smallest absolute Gasteiger partial charge is 0.246 e. The molecule has 1 aliphatic rings. The second-order valence-corrected chi connectivity index (χ2v) is 7.35. The van der Waals surface area contributed by atoms with E-state index in [-0.39, 0.29) is 23.5 Å². The lowest BCUT2D eigenvalue weighted by molar-refractivity contribution is -0.135. The predicted molar refractivity (Wildman–Crippen MR) is 107 cm³/mol. The van der Waals surface area contributed by atoms with Crippen molar-refractivity contribution in [3.05, 3.63) is 66.0 Å². The molecule has 6 heteroatoms. The van der Waals surface area contributed by atoms with E-state index in [9.17, 15) is 14.0 Å². The van der Waals surface area contributed by atoms with Crippen LogP contribution in [0.2, 0.25) is 0 Å². The van der Waals surface area contributed by atoms with Crippen molar-refractivity contribution in [1.29, 1.82) is 0 Å². The number of amides is 2. The number of likely N-dealkylation sites (tertiary alicyclic amines) is 1. The van der Waals surface area contributed by atoms with Crippen LogP contribution in [0, 0.1) is 11.7 Å². The third kappa shape index (κ3) is 4.75. The van der Waals surface area contributed by atoms with Crippen molar-refractivity contribution in [3.63, 3.8) is 0 Å². The van der Waals surface area contributed by atoms with Gasteiger partial charge in [-0.2, -0.15) is 0 Å². The SMILES string of the molecule is CN(C)C(=O)C1CCN([C@H](C(=O)Nc2ccc(F)cc2)c2ccccc2)CC1. The number of hydrogen-bond donors (Lipinski definition) is 1. The Labute approximate surface area is 165 Å². The Morgan fingerprint density at radius 3 is 2.21 bits per heavy atom. The molecule has 148 valence electrons. The third-order valence-electron chi connectivity index (χ3n) is 5.16. The minimum atomic E-state index is -0.457. The normalized spacial score (nSPS) is 16.4. The van der Waals surface area contributed by atoms with Gasteiger partial charge in [-0.3, -0.25) is 14.5 Å². The lowest BCUT2D eigenvalue weighted by atomic mass is 9.93. The third-order valence-corrected chi connectivity index (χ3v) is 5.16. The van der Waals surface area contributed by atoms with Crippen LogP contribution in [0.1, 0.15) is 24.4 Å². The summed E-state index contributed by atoms with van der Waals surface area (Å²) in [5.74, 6) is -0.352. The van der Waals surface area contributed by atoms with Gasteiger partial charge in [-0.25, -0.2) is 4.39 Å². The number of anilines is 1. The topological polar surface area (TPSA) is 52.7 Å². The Kier molecular flexibility index (Phi) is 6.41. The van der Waals surface area contributed by atoms with E-state index in [1.807, 2.05) is 30.3 Å². The maximum absolute atomic E-state index is 13.1. The number of carbonyl (C=O) groups excluding carboxylic acids is 2. The van der Waals surface area contributed by atoms with Gasteiger partial charge in [0.25, 0.3) is 0 Å². The standard InChI is InChI=1S/C22H26FN3O2/c1-25(2)22(28)17-12-14-26(15-13-17)20(16-6-4-3-5-7-16)21(27)24-19-10-8-18(23)9-11-19/h3-11,17,20H,12-15H2,1-2H3,(H,24,27)/t20-/m0/s1. The van der Waals surface area contributed by atoms with E-state index in [1.54, 1.807) is 31.1 Å². The monoisotopic (exact) mass is 383 g/mol. The Morgan fingerprint density at radius 2 is 1.64 bits per heavy atom. The van der Waals surface area contributed by atoms with Gasteiger partial charge in [0.15, 0.2) is 0 Å². The van der Waals surface area contributed by atoms with Crippen LogP contribution < -0.4 is 5.32 Å². The molecule has 0 saturated carbocycles. The van der Waals surface area contributed by atoms with Crippen LogP contribution in [-0.2, 0) is 9.59 Å². The van der Waals surface area contributed by atoms with E-state index in [0.29, 0.717) is 18.8 Å². The maximum atomic E-state index is 13.1. The Bertz CT molecular complexity index is 800. The van der Waals surface area contributed by atoms with E-state index < -0.39 is 6.04 Å². The van der Waals surface area contributed by atoms with Crippen LogP contribution in [0.3, 0.4) is 0 Å². The maximum Gasteiger partial charge on any atom is 0.246 e. The van der Waals surface area contributed by atoms with Crippen LogP contribution in [0.15, 0.2) is 54.6 Å². The molecule has 2 aromatic carbocycles. The van der Waals surface area contributed by atoms with E-state index in [4.69, 9.17) is 0 Å². The first-order valence-corrected chi connectivity index (χ1v) is 9.52. The van der Waals surface area contributed by atoms with Crippen molar-refractivity contribution in [3.8, 4) is 0 Å². The summed E-state index contributed by atoms with van der Waals surface area (Å²) in [6.07, 6.45) is 1.45. The molecule has 1 aliphatic heterocycles. The number of benzene rings is 2. The summed E-state index contributed by atoms with van der Waals surface area (Å²) in [5, 5.41) is 2.89. The Hall–Kier alpha value is -2.73. The van der Waals surface area contributed by atoms with Crippen LogP contribution in [0.25, 0.3) is 0 Å². The average molecular weight is 383 g/mol. The Morgan fingerprint density at radius 1 is 1.04 bits per heavy atom. The van der Waals surface area contributed by atoms with Crippen molar-refractivity contribution < 1.29 is 14.0 Å². The van der Waals surface area contributed by atoms with Crippen molar-refractivity contribution in [2.75, 3.05) is 32.5 Å². The van der Waals surface area contributed by atoms with Crippen LogP contribution in [0.5, 0.6) is 0 Å². The van der Waals surface area contributed by atoms with Gasteiger partial charge in [-0.05, 0) is 55.8 Å². The number of nitrogens with zero attached hydrogens (tertiary/aromatic N) is 2. The van der Waals surface area contributed by atoms with Gasteiger partial charge >= 0.3 is 0 Å². The molecule has 0 aliphatic carbocycles. The molecule has 1 atom stereocenters. The van der Waals surface area contributed by atoms with Gasteiger partial charge < -0.3 is 10.2 Å². The molecule has 2 amide bonds. The highest BCUT2D eigenvalue weighted by Gasteiger charge is 2.33. The minimum absolute atomic E-state index is 0.00262. The summed E-state index contributed by atoms with van der Waals surface area (Å²) in [4.78, 5) is 29.1. The van der Waals surface area contributed by atoms with E-state index in [0.717, 1.165) is 18.4 Å². The second-order valence-electron chi connectivity index (χ2n) is 7.35. The zero-order valence-electron chi connectivity index (χ0n) is 16.3. The average Bonchev–Trinajstić information content (AvgIpc) is 2.70. The first-order chi connectivity index (χ1) is 13.5. The van der Waals surface area contributed by atoms with Crippen molar-refractivity contribution in [1.82, 2.24) is 9.80 Å². The van der Waals surface area contributed by atoms with Gasteiger partial charge in [-0.1, -0.05) is 30.3 Å². The van der Waals surface area contributed by atoms with Crippen LogP contribution in [0.4, 0.5) is 10.1 Å². The molecule has 0 aromatic heterocycles. The first kappa shape index (κ1) is 20.0. The largest absolute Gasteiger partial charge is 0.349 e. The number of piperidine rings is 1. The zero-order valence-corrected chi connectivity index (χ0v) is 16.3. The molecule has 5 nitrogen and oxygen atoms in total. The fraction of sp³-hybridized carbons (Fsp3) is 0.364. The molecule has 0 bridgehead atoms. The fourth-order valence-electron chi connectivity index (χ4n) is 3.68. The second kappa shape index (κ2) is 8.97. The van der Waals surface area contributed by atoms with Gasteiger partial charge in [0.05, 0.1) is 0 Å². The summed E-state index contributed by atoms with van der Waals surface area (Å²) >= 11 is 0. The summed E-state index contributed by atoms with van der Waals surface area (Å²) in [6, 6.07) is 14.9. The highest BCUT2D eigenvalue weighted by atomic mass is 19.1. The molecule has 0 radical (unpaired) electrons. The van der Waals surface area contributed by atoms with Gasteiger partial charge in [0.2, 0.25) is 11.8 Å². The van der Waals surface area contributed by atoms with Crippen molar-refractivity contribution in [2.45, 2.75) is 18.9 Å². The Balaban J connectivity index is 1.76. The number of halogens is 1. The number of nitrogens with one attached hydrogen (secondary N) is 1. The van der Waals surface area contributed by atoms with E-state index in [2.05, 4.69) is 10.2 Å². The molecule has 2 aromatic rings. The summed E-state index contributed by atoms with van der Waals surface area (Å²) in [6.45, 7) is 1.33. The van der Waals surface area contributed by atoms with Crippen molar-refractivity contribution >= 4 is 17.5 Å². The summed E-state index contributed by atoms with van der Waals surface area (Å²) in [7, 11) is 3.55. The summed E-state index contributed by atoms with van der Waals surface area (Å²) in [5.41, 5.74) is 1.46. The van der Waals surface area contributed by atoms with Gasteiger partial charge in [0.1, 0.15) is 11.9 Å². The fourth-order valence-corrected chi connectivity index (χ4v) is 3.68. The molecule has 1 saturated heterocycles. The predicted octanol–water partition coefficient (Wildman–Crippen LogP) is 3.31. The zero-order chi connectivity index (χ0) is 20.1. The molecule has 3 rings (SSSR count). The molecule has 1 N–H and O–H groups in total. The first-order valence-electron chi connectivity index (χ1n) is 9.52. The molecule has 0 unspecified atom stereocenters. The van der Waals surface area contributed by atoms with Gasteiger partial charge in [-0.15, -0.1) is 0 Å². The molecule has 1 heterocycles. The van der Waals surface area contributed by atoms with Crippen LogP contribution >= 0.6 is 0 Å². The molecular formula is C22H26FN3O2. The van der Waals surface area contributed by atoms with Gasteiger partial charge in [0, 0.05) is 25.7 Å². The molecule has 28 heavy (non-hydrogen) atoms. The lowest BCUT2D eigenvalue weighted by Crippen LogP contribution is -2.44. The lowest BCUT2D eigenvalue weighted by Gasteiger charge is -2.37. The van der Waals surface area contributed by atoms with Crippen LogP contribution in [-0.4, -0.2) is 48.8 Å². The number of carbonyl (C=O) groups is 2. The summed E-state index contributed by atoms with van der Waals surface area (Å²) < 4.78 is 13.1.